The summed E-state index contributed by atoms with van der Waals surface area (Å²) >= 11 is 0. The number of aromatic amines is 1. The monoisotopic (exact) mass is 356 g/mol. The SMILES string of the molecule is Cc1ccc(C(=O)NC(C(=O)NCCCc2cn[nH]c2C)C(C)C)cc1. The molecule has 0 aliphatic rings. The smallest absolute Gasteiger partial charge is 0.251 e. The molecule has 0 saturated carbocycles. The van der Waals surface area contributed by atoms with Gasteiger partial charge in [0, 0.05) is 17.8 Å². The zero-order chi connectivity index (χ0) is 19.1. The van der Waals surface area contributed by atoms with E-state index in [0.29, 0.717) is 12.1 Å². The Bertz CT molecular complexity index is 735. The Balaban J connectivity index is 1.85. The third-order valence-electron chi connectivity index (χ3n) is 4.41. The van der Waals surface area contributed by atoms with Crippen molar-refractivity contribution in [3.8, 4) is 0 Å². The van der Waals surface area contributed by atoms with Gasteiger partial charge in [-0.25, -0.2) is 0 Å². The molecule has 6 nitrogen and oxygen atoms in total. The zero-order valence-electron chi connectivity index (χ0n) is 15.9. The van der Waals surface area contributed by atoms with Gasteiger partial charge >= 0.3 is 0 Å². The summed E-state index contributed by atoms with van der Waals surface area (Å²) in [6.45, 7) is 8.36. The van der Waals surface area contributed by atoms with Crippen LogP contribution in [0.5, 0.6) is 0 Å². The molecule has 2 aromatic rings. The molecule has 1 heterocycles. The highest BCUT2D eigenvalue weighted by Crippen LogP contribution is 2.08. The summed E-state index contributed by atoms with van der Waals surface area (Å²) in [7, 11) is 0. The van der Waals surface area contributed by atoms with Crippen molar-refractivity contribution < 1.29 is 9.59 Å². The van der Waals surface area contributed by atoms with Crippen molar-refractivity contribution in [2.75, 3.05) is 6.54 Å². The largest absolute Gasteiger partial charge is 0.354 e. The Morgan fingerprint density at radius 3 is 2.42 bits per heavy atom. The van der Waals surface area contributed by atoms with Gasteiger partial charge in [-0.1, -0.05) is 31.5 Å². The first-order chi connectivity index (χ1) is 12.4. The van der Waals surface area contributed by atoms with Crippen LogP contribution in [0, 0.1) is 19.8 Å². The van der Waals surface area contributed by atoms with E-state index in [0.717, 1.165) is 29.7 Å². The van der Waals surface area contributed by atoms with Crippen molar-refractivity contribution in [3.63, 3.8) is 0 Å². The number of carbonyl (C=O) groups excluding carboxylic acids is 2. The summed E-state index contributed by atoms with van der Waals surface area (Å²) in [5.41, 5.74) is 3.87. The molecular weight excluding hydrogens is 328 g/mol. The minimum atomic E-state index is -0.556. The molecule has 0 fully saturated rings. The van der Waals surface area contributed by atoms with Gasteiger partial charge in [0.2, 0.25) is 5.91 Å². The molecule has 1 aromatic carbocycles. The molecule has 6 heteroatoms. The standard InChI is InChI=1S/C20H28N4O2/c1-13(2)18(23-19(25)16-9-7-14(3)8-10-16)20(26)21-11-5-6-17-12-22-24-15(17)4/h7-10,12-13,18H,5-6,11H2,1-4H3,(H,21,26)(H,22,24)(H,23,25). The average molecular weight is 356 g/mol. The minimum absolute atomic E-state index is 0.000478. The maximum atomic E-state index is 12.5. The van der Waals surface area contributed by atoms with E-state index in [4.69, 9.17) is 0 Å². The fraction of sp³-hybridized carbons (Fsp3) is 0.450. The molecule has 0 radical (unpaired) electrons. The van der Waals surface area contributed by atoms with Crippen molar-refractivity contribution in [1.29, 1.82) is 0 Å². The number of aryl methyl sites for hydroxylation is 3. The number of hydrogen-bond donors (Lipinski definition) is 3. The lowest BCUT2D eigenvalue weighted by molar-refractivity contribution is -0.123. The van der Waals surface area contributed by atoms with E-state index < -0.39 is 6.04 Å². The third kappa shape index (κ3) is 5.44. The average Bonchev–Trinajstić information content (AvgIpc) is 3.01. The molecule has 0 saturated heterocycles. The number of nitrogens with one attached hydrogen (secondary N) is 3. The van der Waals surface area contributed by atoms with Crippen LogP contribution in [0.1, 0.15) is 47.4 Å². The van der Waals surface area contributed by atoms with E-state index in [-0.39, 0.29) is 17.7 Å². The van der Waals surface area contributed by atoms with Gasteiger partial charge < -0.3 is 10.6 Å². The lowest BCUT2D eigenvalue weighted by Gasteiger charge is -2.22. The molecule has 2 amide bonds. The predicted molar refractivity (Wildman–Crippen MR) is 102 cm³/mol. The van der Waals surface area contributed by atoms with Crippen molar-refractivity contribution in [2.24, 2.45) is 5.92 Å². The van der Waals surface area contributed by atoms with Crippen molar-refractivity contribution in [2.45, 2.75) is 46.6 Å². The van der Waals surface area contributed by atoms with Gasteiger partial charge in [0.25, 0.3) is 5.91 Å². The van der Waals surface area contributed by atoms with Gasteiger partial charge in [0.15, 0.2) is 0 Å². The Morgan fingerprint density at radius 2 is 1.85 bits per heavy atom. The second-order valence-electron chi connectivity index (χ2n) is 6.98. The first-order valence-corrected chi connectivity index (χ1v) is 9.02. The zero-order valence-corrected chi connectivity index (χ0v) is 15.9. The minimum Gasteiger partial charge on any atom is -0.354 e. The van der Waals surface area contributed by atoms with Gasteiger partial charge in [-0.3, -0.25) is 14.7 Å². The lowest BCUT2D eigenvalue weighted by Crippen LogP contribution is -2.49. The van der Waals surface area contributed by atoms with Crippen molar-refractivity contribution in [3.05, 3.63) is 52.8 Å². The number of hydrogen-bond acceptors (Lipinski definition) is 3. The van der Waals surface area contributed by atoms with Gasteiger partial charge in [0.1, 0.15) is 6.04 Å². The summed E-state index contributed by atoms with van der Waals surface area (Å²) < 4.78 is 0. The number of amides is 2. The van der Waals surface area contributed by atoms with E-state index in [9.17, 15) is 9.59 Å². The number of carbonyl (C=O) groups is 2. The van der Waals surface area contributed by atoms with E-state index in [2.05, 4.69) is 20.8 Å². The molecule has 26 heavy (non-hydrogen) atoms. The molecule has 1 unspecified atom stereocenters. The summed E-state index contributed by atoms with van der Waals surface area (Å²) in [5.74, 6) is -0.377. The molecule has 3 N–H and O–H groups in total. The molecule has 140 valence electrons. The fourth-order valence-electron chi connectivity index (χ4n) is 2.69. The molecule has 0 aliphatic heterocycles. The number of rotatable bonds is 8. The highest BCUT2D eigenvalue weighted by atomic mass is 16.2. The van der Waals surface area contributed by atoms with Crippen LogP contribution in [0.15, 0.2) is 30.5 Å². The van der Waals surface area contributed by atoms with Crippen LogP contribution >= 0.6 is 0 Å². The van der Waals surface area contributed by atoms with Gasteiger partial charge in [-0.15, -0.1) is 0 Å². The van der Waals surface area contributed by atoms with Crippen LogP contribution in [0.4, 0.5) is 0 Å². The molecular formula is C20H28N4O2. The quantitative estimate of drug-likeness (QED) is 0.635. The number of H-pyrrole nitrogens is 1. The van der Waals surface area contributed by atoms with Crippen molar-refractivity contribution >= 4 is 11.8 Å². The second-order valence-corrected chi connectivity index (χ2v) is 6.98. The van der Waals surface area contributed by atoms with Crippen LogP contribution in [-0.4, -0.2) is 34.6 Å². The van der Waals surface area contributed by atoms with Crippen LogP contribution in [0.2, 0.25) is 0 Å². The summed E-state index contributed by atoms with van der Waals surface area (Å²) in [4.78, 5) is 24.9. The molecule has 1 aromatic heterocycles. The van der Waals surface area contributed by atoms with Gasteiger partial charge in [-0.05, 0) is 50.3 Å². The Morgan fingerprint density at radius 1 is 1.15 bits per heavy atom. The third-order valence-corrected chi connectivity index (χ3v) is 4.41. The summed E-state index contributed by atoms with van der Waals surface area (Å²) in [5, 5.41) is 12.7. The van der Waals surface area contributed by atoms with Crippen LogP contribution in [-0.2, 0) is 11.2 Å². The van der Waals surface area contributed by atoms with Crippen LogP contribution in [0.3, 0.4) is 0 Å². The lowest BCUT2D eigenvalue weighted by atomic mass is 10.0. The normalized spacial score (nSPS) is 12.0. The molecule has 0 spiro atoms. The Kier molecular flexibility index (Phi) is 6.95. The fourth-order valence-corrected chi connectivity index (χ4v) is 2.69. The summed E-state index contributed by atoms with van der Waals surface area (Å²) in [6.07, 6.45) is 3.49. The van der Waals surface area contributed by atoms with E-state index >= 15 is 0 Å². The summed E-state index contributed by atoms with van der Waals surface area (Å²) in [6, 6.07) is 6.76. The number of benzene rings is 1. The highest BCUT2D eigenvalue weighted by Gasteiger charge is 2.24. The van der Waals surface area contributed by atoms with Gasteiger partial charge in [0.05, 0.1) is 6.20 Å². The molecule has 2 rings (SSSR count). The second kappa shape index (κ2) is 9.17. The molecule has 0 aliphatic carbocycles. The maximum Gasteiger partial charge on any atom is 0.251 e. The first kappa shape index (κ1) is 19.7. The topological polar surface area (TPSA) is 86.9 Å². The van der Waals surface area contributed by atoms with E-state index in [1.165, 1.54) is 0 Å². The van der Waals surface area contributed by atoms with E-state index in [1.54, 1.807) is 12.1 Å². The van der Waals surface area contributed by atoms with E-state index in [1.807, 2.05) is 46.0 Å². The van der Waals surface area contributed by atoms with Crippen LogP contribution < -0.4 is 10.6 Å². The maximum absolute atomic E-state index is 12.5. The molecule has 0 bridgehead atoms. The van der Waals surface area contributed by atoms with Crippen molar-refractivity contribution in [1.82, 2.24) is 20.8 Å². The first-order valence-electron chi connectivity index (χ1n) is 9.02. The number of aromatic nitrogens is 2. The Labute approximate surface area is 154 Å². The van der Waals surface area contributed by atoms with Crippen LogP contribution in [0.25, 0.3) is 0 Å². The molecule has 1 atom stereocenters. The highest BCUT2D eigenvalue weighted by molar-refractivity contribution is 5.97. The van der Waals surface area contributed by atoms with Gasteiger partial charge in [-0.2, -0.15) is 5.10 Å². The number of nitrogens with zero attached hydrogens (tertiary/aromatic N) is 1. The Hall–Kier alpha value is -2.63. The predicted octanol–water partition coefficient (Wildman–Crippen LogP) is 2.53.